The van der Waals surface area contributed by atoms with Gasteiger partial charge in [-0.2, -0.15) is 4.80 Å². The summed E-state index contributed by atoms with van der Waals surface area (Å²) in [5, 5.41) is 12.8. The second-order valence-electron chi connectivity index (χ2n) is 8.68. The van der Waals surface area contributed by atoms with E-state index in [1.807, 2.05) is 36.1 Å². The number of ether oxygens (including phenoxy) is 1. The quantitative estimate of drug-likeness (QED) is 0.406. The molecule has 1 fully saturated rings. The van der Waals surface area contributed by atoms with Gasteiger partial charge in [-0.15, -0.1) is 10.2 Å². The molecule has 9 nitrogen and oxygen atoms in total. The number of piperazine rings is 1. The first-order valence-electron chi connectivity index (χ1n) is 11.8. The first-order chi connectivity index (χ1) is 17.4. The maximum atomic E-state index is 13.0. The number of halogens is 2. The Morgan fingerprint density at radius 3 is 2.81 bits per heavy atom. The van der Waals surface area contributed by atoms with E-state index in [9.17, 15) is 9.18 Å². The molecular formula is C25H29ClFN7O2. The number of tetrazole rings is 1. The first kappa shape index (κ1) is 25.7. The van der Waals surface area contributed by atoms with E-state index in [2.05, 4.69) is 25.3 Å². The van der Waals surface area contributed by atoms with Crippen LogP contribution in [-0.2, 0) is 17.9 Å². The summed E-state index contributed by atoms with van der Waals surface area (Å²) in [7, 11) is 0. The van der Waals surface area contributed by atoms with Crippen molar-refractivity contribution in [2.75, 3.05) is 32.9 Å². The molecule has 0 aliphatic carbocycles. The number of benzene rings is 1. The molecule has 0 spiro atoms. The summed E-state index contributed by atoms with van der Waals surface area (Å²) in [4.78, 5) is 23.1. The van der Waals surface area contributed by atoms with E-state index in [1.165, 1.54) is 4.80 Å². The molecule has 36 heavy (non-hydrogen) atoms. The van der Waals surface area contributed by atoms with Crippen LogP contribution in [0.2, 0.25) is 5.02 Å². The van der Waals surface area contributed by atoms with Gasteiger partial charge in [-0.1, -0.05) is 17.7 Å². The summed E-state index contributed by atoms with van der Waals surface area (Å²) < 4.78 is 17.5. The maximum absolute atomic E-state index is 13.0. The van der Waals surface area contributed by atoms with Gasteiger partial charge in [0.25, 0.3) is 0 Å². The number of alkyl halides is 1. The fraction of sp³-hybridized carbons (Fsp3) is 0.400. The number of hydrogen-bond donors (Lipinski definition) is 0. The van der Waals surface area contributed by atoms with Gasteiger partial charge in [0, 0.05) is 43.3 Å². The smallest absolute Gasteiger partial charge is 0.246 e. The lowest BCUT2D eigenvalue weighted by molar-refractivity contribution is -0.130. The van der Waals surface area contributed by atoms with Crippen LogP contribution in [0.1, 0.15) is 29.6 Å². The minimum atomic E-state index is -0.529. The van der Waals surface area contributed by atoms with E-state index in [1.54, 1.807) is 31.3 Å². The lowest BCUT2D eigenvalue weighted by atomic mass is 10.1. The predicted molar refractivity (Wildman–Crippen MR) is 134 cm³/mol. The SMILES string of the molecule is Cc1nnn(Cc2cc(Cl)ccc2C=CC(=O)N2CCN(Cc3ccc(OCCF)cn3)C[C@H]2C)n1. The number of rotatable bonds is 9. The number of aromatic nitrogens is 5. The lowest BCUT2D eigenvalue weighted by Gasteiger charge is -2.39. The number of nitrogens with zero attached hydrogens (tertiary/aromatic N) is 7. The molecule has 0 bridgehead atoms. The summed E-state index contributed by atoms with van der Waals surface area (Å²) in [6, 6.07) is 9.27. The Morgan fingerprint density at radius 1 is 1.25 bits per heavy atom. The van der Waals surface area contributed by atoms with Gasteiger partial charge < -0.3 is 9.64 Å². The molecule has 2 aromatic heterocycles. The minimum absolute atomic E-state index is 0.0288. The van der Waals surface area contributed by atoms with Gasteiger partial charge in [0.1, 0.15) is 19.0 Å². The second-order valence-corrected chi connectivity index (χ2v) is 9.12. The van der Waals surface area contributed by atoms with Crippen LogP contribution in [0.15, 0.2) is 42.6 Å². The van der Waals surface area contributed by atoms with Crippen LogP contribution >= 0.6 is 11.6 Å². The van der Waals surface area contributed by atoms with E-state index < -0.39 is 6.67 Å². The van der Waals surface area contributed by atoms with Crippen molar-refractivity contribution < 1.29 is 13.9 Å². The molecule has 11 heteroatoms. The fourth-order valence-electron chi connectivity index (χ4n) is 4.15. The Balaban J connectivity index is 1.34. The van der Waals surface area contributed by atoms with E-state index in [4.69, 9.17) is 16.3 Å². The molecule has 1 saturated heterocycles. The van der Waals surface area contributed by atoms with Crippen molar-refractivity contribution in [2.24, 2.45) is 0 Å². The standard InChI is InChI=1S/C25H29ClFN7O2/c1-18-15-32(17-23-6-7-24(14-28-23)36-12-9-27)10-11-33(18)25(35)8-4-20-3-5-22(26)13-21(20)16-34-30-19(2)29-31-34/h3-8,13-14,18H,9-12,15-17H2,1-2H3/t18-/m1/s1. The van der Waals surface area contributed by atoms with Crippen molar-refractivity contribution in [1.29, 1.82) is 0 Å². The van der Waals surface area contributed by atoms with Crippen molar-refractivity contribution >= 4 is 23.6 Å². The van der Waals surface area contributed by atoms with Gasteiger partial charge in [0.2, 0.25) is 5.91 Å². The Bertz CT molecular complexity index is 1200. The van der Waals surface area contributed by atoms with Crippen LogP contribution in [0, 0.1) is 6.92 Å². The predicted octanol–water partition coefficient (Wildman–Crippen LogP) is 3.17. The Kier molecular flexibility index (Phi) is 8.61. The van der Waals surface area contributed by atoms with Crippen molar-refractivity contribution in [3.63, 3.8) is 0 Å². The van der Waals surface area contributed by atoms with E-state index in [0.29, 0.717) is 36.2 Å². The average Bonchev–Trinajstić information content (AvgIpc) is 3.27. The molecule has 0 radical (unpaired) electrons. The molecule has 3 heterocycles. The highest BCUT2D eigenvalue weighted by molar-refractivity contribution is 6.30. The summed E-state index contributed by atoms with van der Waals surface area (Å²) >= 11 is 6.20. The number of hydrogen-bond acceptors (Lipinski definition) is 7. The van der Waals surface area contributed by atoms with Crippen LogP contribution in [0.25, 0.3) is 6.08 Å². The van der Waals surface area contributed by atoms with Crippen LogP contribution < -0.4 is 4.74 Å². The van der Waals surface area contributed by atoms with Crippen LogP contribution in [0.3, 0.4) is 0 Å². The third-order valence-electron chi connectivity index (χ3n) is 5.90. The molecular weight excluding hydrogens is 485 g/mol. The van der Waals surface area contributed by atoms with Crippen molar-refractivity contribution in [1.82, 2.24) is 35.0 Å². The van der Waals surface area contributed by atoms with Gasteiger partial charge in [-0.25, -0.2) is 4.39 Å². The number of aryl methyl sites for hydroxylation is 1. The van der Waals surface area contributed by atoms with Gasteiger partial charge in [-0.3, -0.25) is 14.7 Å². The number of carbonyl (C=O) groups is 1. The Hall–Kier alpha value is -3.37. The molecule has 4 rings (SSSR count). The maximum Gasteiger partial charge on any atom is 0.246 e. The first-order valence-corrected chi connectivity index (χ1v) is 12.2. The van der Waals surface area contributed by atoms with E-state index in [-0.39, 0.29) is 18.6 Å². The lowest BCUT2D eigenvalue weighted by Crippen LogP contribution is -2.53. The fourth-order valence-corrected chi connectivity index (χ4v) is 4.35. The zero-order chi connectivity index (χ0) is 25.5. The minimum Gasteiger partial charge on any atom is -0.489 e. The molecule has 1 atom stereocenters. The molecule has 1 amide bonds. The molecule has 190 valence electrons. The van der Waals surface area contributed by atoms with Crippen molar-refractivity contribution in [3.05, 3.63) is 70.3 Å². The van der Waals surface area contributed by atoms with Crippen molar-refractivity contribution in [3.8, 4) is 5.75 Å². The number of pyridine rings is 1. The van der Waals surface area contributed by atoms with Gasteiger partial charge in [0.05, 0.1) is 18.4 Å². The van der Waals surface area contributed by atoms with Gasteiger partial charge in [-0.05, 0) is 60.5 Å². The summed E-state index contributed by atoms with van der Waals surface area (Å²) in [6.45, 7) is 6.51. The highest BCUT2D eigenvalue weighted by Gasteiger charge is 2.26. The summed E-state index contributed by atoms with van der Waals surface area (Å²) in [5.41, 5.74) is 2.68. The molecule has 3 aromatic rings. The number of carbonyl (C=O) groups excluding carboxylic acids is 1. The second kappa shape index (κ2) is 12.0. The van der Waals surface area contributed by atoms with Crippen LogP contribution in [0.4, 0.5) is 4.39 Å². The van der Waals surface area contributed by atoms with E-state index >= 15 is 0 Å². The zero-order valence-electron chi connectivity index (χ0n) is 20.3. The van der Waals surface area contributed by atoms with Gasteiger partial charge >= 0.3 is 0 Å². The van der Waals surface area contributed by atoms with Crippen molar-refractivity contribution in [2.45, 2.75) is 33.0 Å². The Labute approximate surface area is 214 Å². The molecule has 1 aliphatic heterocycles. The molecule has 0 N–H and O–H groups in total. The molecule has 1 aliphatic rings. The summed E-state index contributed by atoms with van der Waals surface area (Å²) in [5.74, 6) is 1.11. The van der Waals surface area contributed by atoms with Crippen LogP contribution in [-0.4, -0.2) is 79.9 Å². The highest BCUT2D eigenvalue weighted by Crippen LogP contribution is 2.20. The third kappa shape index (κ3) is 6.86. The highest BCUT2D eigenvalue weighted by atomic mass is 35.5. The monoisotopic (exact) mass is 513 g/mol. The van der Waals surface area contributed by atoms with Crippen LogP contribution in [0.5, 0.6) is 5.75 Å². The zero-order valence-corrected chi connectivity index (χ0v) is 21.1. The summed E-state index contributed by atoms with van der Waals surface area (Å²) in [6.07, 6.45) is 5.04. The Morgan fingerprint density at radius 2 is 2.11 bits per heavy atom. The molecule has 0 saturated carbocycles. The molecule has 1 aromatic carbocycles. The number of amides is 1. The normalized spacial score (nSPS) is 16.6. The largest absolute Gasteiger partial charge is 0.489 e. The van der Waals surface area contributed by atoms with E-state index in [0.717, 1.165) is 29.9 Å². The topological polar surface area (TPSA) is 89.3 Å². The molecule has 0 unspecified atom stereocenters. The third-order valence-corrected chi connectivity index (χ3v) is 6.13. The van der Waals surface area contributed by atoms with Gasteiger partial charge in [0.15, 0.2) is 5.82 Å². The average molecular weight is 514 g/mol.